The van der Waals surface area contributed by atoms with E-state index >= 15 is 0 Å². The fraction of sp³-hybridized carbons (Fsp3) is 1.00. The van der Waals surface area contributed by atoms with Gasteiger partial charge >= 0.3 is 0 Å². The molecule has 0 aromatic rings. The highest BCUT2D eigenvalue weighted by Crippen LogP contribution is 2.13. The molecule has 0 aromatic carbocycles. The summed E-state index contributed by atoms with van der Waals surface area (Å²) in [6, 6.07) is 0. The first-order valence-corrected chi connectivity index (χ1v) is 5.78. The molecule has 92 valence electrons. The average molecular weight is 217 g/mol. The number of nitrogens with one attached hydrogen (secondary N) is 1. The minimum absolute atomic E-state index is 0.201. The largest absolute Gasteiger partial charge is 0.379 e. The van der Waals surface area contributed by atoms with Crippen LogP contribution < -0.4 is 5.32 Å². The Balaban J connectivity index is 3.30. The van der Waals surface area contributed by atoms with Crippen LogP contribution in [0.25, 0.3) is 0 Å². The normalized spacial score (nSPS) is 12.4. The van der Waals surface area contributed by atoms with Gasteiger partial charge in [0.25, 0.3) is 0 Å². The van der Waals surface area contributed by atoms with Gasteiger partial charge in [-0.3, -0.25) is 0 Å². The maximum Gasteiger partial charge on any atom is 0.0700 e. The zero-order valence-electron chi connectivity index (χ0n) is 10.9. The Morgan fingerprint density at radius 2 is 1.73 bits per heavy atom. The first kappa shape index (κ1) is 14.9. The summed E-state index contributed by atoms with van der Waals surface area (Å²) in [7, 11) is 1.97. The van der Waals surface area contributed by atoms with Gasteiger partial charge in [-0.05, 0) is 13.0 Å². The van der Waals surface area contributed by atoms with Crippen LogP contribution in [0.3, 0.4) is 0 Å². The molecular formula is C12H27NO2. The van der Waals surface area contributed by atoms with Crippen molar-refractivity contribution in [1.29, 1.82) is 0 Å². The second kappa shape index (κ2) is 8.08. The van der Waals surface area contributed by atoms with E-state index in [4.69, 9.17) is 9.47 Å². The molecule has 0 fully saturated rings. The van der Waals surface area contributed by atoms with Crippen LogP contribution in [0.2, 0.25) is 0 Å². The maximum absolute atomic E-state index is 5.57. The molecule has 0 rings (SSSR count). The van der Waals surface area contributed by atoms with E-state index in [-0.39, 0.29) is 5.41 Å². The van der Waals surface area contributed by atoms with Crippen molar-refractivity contribution in [2.24, 2.45) is 11.3 Å². The number of hydrogen-bond donors (Lipinski definition) is 1. The van der Waals surface area contributed by atoms with Gasteiger partial charge in [0.15, 0.2) is 0 Å². The van der Waals surface area contributed by atoms with Gasteiger partial charge in [0.1, 0.15) is 0 Å². The fourth-order valence-corrected chi connectivity index (χ4v) is 1.31. The van der Waals surface area contributed by atoms with Crippen LogP contribution in [0.1, 0.15) is 27.7 Å². The quantitative estimate of drug-likeness (QED) is 0.599. The molecule has 0 aromatic heterocycles. The van der Waals surface area contributed by atoms with E-state index < -0.39 is 0 Å². The summed E-state index contributed by atoms with van der Waals surface area (Å²) in [6.45, 7) is 12.7. The summed E-state index contributed by atoms with van der Waals surface area (Å²) in [6.07, 6.45) is 0. The molecule has 0 spiro atoms. The summed E-state index contributed by atoms with van der Waals surface area (Å²) < 4.78 is 11.0. The van der Waals surface area contributed by atoms with Crippen molar-refractivity contribution >= 4 is 0 Å². The molecule has 3 nitrogen and oxygen atoms in total. The molecule has 0 unspecified atom stereocenters. The minimum atomic E-state index is 0.201. The van der Waals surface area contributed by atoms with Crippen molar-refractivity contribution in [2.45, 2.75) is 27.7 Å². The summed E-state index contributed by atoms with van der Waals surface area (Å²) in [5.41, 5.74) is 0.201. The van der Waals surface area contributed by atoms with E-state index in [0.29, 0.717) is 19.1 Å². The lowest BCUT2D eigenvalue weighted by molar-refractivity contribution is 0.00952. The Labute approximate surface area is 94.5 Å². The van der Waals surface area contributed by atoms with Gasteiger partial charge in [-0.2, -0.15) is 0 Å². The molecule has 0 radical (unpaired) electrons. The SMILES string of the molecule is CNCC(C)(C)COCCOCC(C)C. The molecule has 0 heterocycles. The second-order valence-corrected chi connectivity index (χ2v) is 5.22. The van der Waals surface area contributed by atoms with Crippen molar-refractivity contribution in [3.63, 3.8) is 0 Å². The van der Waals surface area contributed by atoms with Gasteiger partial charge < -0.3 is 14.8 Å². The van der Waals surface area contributed by atoms with E-state index in [1.54, 1.807) is 0 Å². The van der Waals surface area contributed by atoms with E-state index in [0.717, 1.165) is 19.8 Å². The van der Waals surface area contributed by atoms with Gasteiger partial charge in [-0.25, -0.2) is 0 Å². The van der Waals surface area contributed by atoms with E-state index in [1.165, 1.54) is 0 Å². The van der Waals surface area contributed by atoms with Gasteiger partial charge in [-0.1, -0.05) is 27.7 Å². The zero-order chi connectivity index (χ0) is 11.7. The third-order valence-electron chi connectivity index (χ3n) is 1.97. The van der Waals surface area contributed by atoms with Crippen LogP contribution in [-0.2, 0) is 9.47 Å². The summed E-state index contributed by atoms with van der Waals surface area (Å²) >= 11 is 0. The third-order valence-corrected chi connectivity index (χ3v) is 1.97. The van der Waals surface area contributed by atoms with Crippen LogP contribution in [0.15, 0.2) is 0 Å². The first-order chi connectivity index (χ1) is 6.98. The lowest BCUT2D eigenvalue weighted by Crippen LogP contribution is -2.31. The van der Waals surface area contributed by atoms with Crippen molar-refractivity contribution in [1.82, 2.24) is 5.32 Å². The summed E-state index contributed by atoms with van der Waals surface area (Å²) in [4.78, 5) is 0. The molecule has 0 saturated carbocycles. The monoisotopic (exact) mass is 217 g/mol. The Bertz CT molecular complexity index is 147. The number of rotatable bonds is 9. The highest BCUT2D eigenvalue weighted by molar-refractivity contribution is 4.69. The van der Waals surface area contributed by atoms with Crippen molar-refractivity contribution in [3.8, 4) is 0 Å². The average Bonchev–Trinajstić information content (AvgIpc) is 2.10. The molecule has 0 aliphatic carbocycles. The molecule has 0 amide bonds. The van der Waals surface area contributed by atoms with Gasteiger partial charge in [0, 0.05) is 18.6 Å². The topological polar surface area (TPSA) is 30.5 Å². The van der Waals surface area contributed by atoms with Crippen LogP contribution in [0.4, 0.5) is 0 Å². The van der Waals surface area contributed by atoms with E-state index in [9.17, 15) is 0 Å². The minimum Gasteiger partial charge on any atom is -0.379 e. The molecule has 0 aliphatic heterocycles. The predicted octanol–water partition coefficient (Wildman–Crippen LogP) is 1.92. The fourth-order valence-electron chi connectivity index (χ4n) is 1.31. The lowest BCUT2D eigenvalue weighted by atomic mass is 9.95. The predicted molar refractivity (Wildman–Crippen MR) is 64.2 cm³/mol. The van der Waals surface area contributed by atoms with Crippen LogP contribution >= 0.6 is 0 Å². The Hall–Kier alpha value is -0.120. The molecule has 15 heavy (non-hydrogen) atoms. The van der Waals surface area contributed by atoms with Gasteiger partial charge in [0.2, 0.25) is 0 Å². The molecule has 0 saturated heterocycles. The third kappa shape index (κ3) is 10.2. The summed E-state index contributed by atoms with van der Waals surface area (Å²) in [5.74, 6) is 0.603. The van der Waals surface area contributed by atoms with Crippen LogP contribution in [0, 0.1) is 11.3 Å². The Kier molecular flexibility index (Phi) is 8.02. The highest BCUT2D eigenvalue weighted by Gasteiger charge is 2.16. The van der Waals surface area contributed by atoms with Gasteiger partial charge in [-0.15, -0.1) is 0 Å². The first-order valence-electron chi connectivity index (χ1n) is 5.78. The Morgan fingerprint density at radius 3 is 2.27 bits per heavy atom. The smallest absolute Gasteiger partial charge is 0.0700 e. The number of hydrogen-bond acceptors (Lipinski definition) is 3. The maximum atomic E-state index is 5.57. The molecular weight excluding hydrogens is 190 g/mol. The van der Waals surface area contributed by atoms with E-state index in [1.807, 2.05) is 7.05 Å². The van der Waals surface area contributed by atoms with Crippen molar-refractivity contribution < 1.29 is 9.47 Å². The highest BCUT2D eigenvalue weighted by atomic mass is 16.5. The standard InChI is InChI=1S/C12H27NO2/c1-11(2)8-14-6-7-15-10-12(3,4)9-13-5/h11,13H,6-10H2,1-5H3. The molecule has 0 aliphatic rings. The van der Waals surface area contributed by atoms with Crippen LogP contribution in [-0.4, -0.2) is 40.0 Å². The Morgan fingerprint density at radius 1 is 1.13 bits per heavy atom. The summed E-state index contributed by atoms with van der Waals surface area (Å²) in [5, 5.41) is 3.16. The molecule has 3 heteroatoms. The van der Waals surface area contributed by atoms with E-state index in [2.05, 4.69) is 33.0 Å². The van der Waals surface area contributed by atoms with Crippen LogP contribution in [0.5, 0.6) is 0 Å². The molecule has 0 atom stereocenters. The van der Waals surface area contributed by atoms with Crippen molar-refractivity contribution in [2.75, 3.05) is 40.0 Å². The lowest BCUT2D eigenvalue weighted by Gasteiger charge is -2.23. The zero-order valence-corrected chi connectivity index (χ0v) is 10.9. The second-order valence-electron chi connectivity index (χ2n) is 5.22. The van der Waals surface area contributed by atoms with Crippen molar-refractivity contribution in [3.05, 3.63) is 0 Å². The number of ether oxygens (including phenoxy) is 2. The van der Waals surface area contributed by atoms with Gasteiger partial charge in [0.05, 0.1) is 19.8 Å². The molecule has 0 bridgehead atoms. The molecule has 1 N–H and O–H groups in total.